The summed E-state index contributed by atoms with van der Waals surface area (Å²) in [6.07, 6.45) is 0.872. The number of nitrogens with zero attached hydrogens (tertiary/aromatic N) is 2. The molecule has 1 aromatic carbocycles. The molecule has 0 aliphatic heterocycles. The van der Waals surface area contributed by atoms with E-state index < -0.39 is 6.10 Å². The van der Waals surface area contributed by atoms with Crippen LogP contribution in [0.4, 0.5) is 0 Å². The summed E-state index contributed by atoms with van der Waals surface area (Å²) < 4.78 is 17.5. The third-order valence-electron chi connectivity index (χ3n) is 3.04. The van der Waals surface area contributed by atoms with Crippen LogP contribution in [0.5, 0.6) is 17.2 Å². The van der Waals surface area contributed by atoms with Crippen molar-refractivity contribution < 1.29 is 19.3 Å². The van der Waals surface area contributed by atoms with Crippen molar-refractivity contribution in [3.8, 4) is 17.2 Å². The minimum Gasteiger partial charge on any atom is -0.493 e. The Morgan fingerprint density at radius 3 is 2.25 bits per heavy atom. The van der Waals surface area contributed by atoms with E-state index in [9.17, 15) is 5.11 Å². The molecule has 1 atom stereocenters. The largest absolute Gasteiger partial charge is 0.493 e. The smallest absolute Gasteiger partial charge is 0.203 e. The van der Waals surface area contributed by atoms with Gasteiger partial charge < -0.3 is 19.3 Å². The van der Waals surface area contributed by atoms with Crippen LogP contribution < -0.4 is 14.2 Å². The molecule has 108 valence electrons. The molecule has 0 radical (unpaired) electrons. The van der Waals surface area contributed by atoms with Gasteiger partial charge in [0.15, 0.2) is 11.5 Å². The molecule has 0 bridgehead atoms. The van der Waals surface area contributed by atoms with E-state index in [1.165, 1.54) is 14.2 Å². The minimum atomic E-state index is -0.897. The van der Waals surface area contributed by atoms with Gasteiger partial charge in [-0.05, 0) is 18.2 Å². The van der Waals surface area contributed by atoms with Crippen molar-refractivity contribution in [2.24, 2.45) is 7.05 Å². The fourth-order valence-corrected chi connectivity index (χ4v) is 2.08. The zero-order chi connectivity index (χ0) is 14.7. The number of ether oxygens (including phenoxy) is 3. The summed E-state index contributed by atoms with van der Waals surface area (Å²) in [5.74, 6) is 1.42. The minimum absolute atomic E-state index is 0.435. The Morgan fingerprint density at radius 2 is 1.75 bits per heavy atom. The SMILES string of the molecule is COc1ccc(C(O)c2ccn(C)n2)c(OC)c1OC. The van der Waals surface area contributed by atoms with Gasteiger partial charge in [0.2, 0.25) is 5.75 Å². The second kappa shape index (κ2) is 5.83. The molecule has 2 rings (SSSR count). The average molecular weight is 278 g/mol. The van der Waals surface area contributed by atoms with Crippen molar-refractivity contribution in [1.29, 1.82) is 0 Å². The lowest BCUT2D eigenvalue weighted by Crippen LogP contribution is -2.06. The molecule has 2 aromatic rings. The molecule has 0 saturated heterocycles. The highest BCUT2D eigenvalue weighted by atomic mass is 16.5. The van der Waals surface area contributed by atoms with Crippen LogP contribution in [0.2, 0.25) is 0 Å². The van der Waals surface area contributed by atoms with Crippen molar-refractivity contribution in [3.63, 3.8) is 0 Å². The van der Waals surface area contributed by atoms with Gasteiger partial charge >= 0.3 is 0 Å². The maximum atomic E-state index is 10.4. The van der Waals surface area contributed by atoms with E-state index in [1.807, 2.05) is 0 Å². The number of hydrogen-bond acceptors (Lipinski definition) is 5. The molecule has 0 aliphatic rings. The highest BCUT2D eigenvalue weighted by molar-refractivity contribution is 5.57. The Labute approximate surface area is 117 Å². The molecule has 6 nitrogen and oxygen atoms in total. The van der Waals surface area contributed by atoms with Crippen molar-refractivity contribution in [3.05, 3.63) is 35.7 Å². The lowest BCUT2D eigenvalue weighted by atomic mass is 10.0. The number of aryl methyl sites for hydroxylation is 1. The van der Waals surface area contributed by atoms with Crippen LogP contribution in [0, 0.1) is 0 Å². The Kier molecular flexibility index (Phi) is 4.14. The first-order valence-corrected chi connectivity index (χ1v) is 6.08. The fraction of sp³-hybridized carbons (Fsp3) is 0.357. The van der Waals surface area contributed by atoms with Crippen LogP contribution in [0.3, 0.4) is 0 Å². The molecule has 0 saturated carbocycles. The molecule has 0 fully saturated rings. The molecule has 0 amide bonds. The average Bonchev–Trinajstić information content (AvgIpc) is 2.91. The summed E-state index contributed by atoms with van der Waals surface area (Å²) in [5.41, 5.74) is 1.11. The maximum absolute atomic E-state index is 10.4. The Balaban J connectivity index is 2.51. The Hall–Kier alpha value is -2.21. The summed E-state index contributed by atoms with van der Waals surface area (Å²) in [5, 5.41) is 14.6. The van der Waals surface area contributed by atoms with Crippen LogP contribution in [-0.2, 0) is 7.05 Å². The topological polar surface area (TPSA) is 65.7 Å². The fourth-order valence-electron chi connectivity index (χ4n) is 2.08. The predicted molar refractivity (Wildman–Crippen MR) is 73.4 cm³/mol. The molecule has 1 unspecified atom stereocenters. The third kappa shape index (κ3) is 2.42. The van der Waals surface area contributed by atoms with Crippen molar-refractivity contribution in [1.82, 2.24) is 9.78 Å². The van der Waals surface area contributed by atoms with Crippen LogP contribution >= 0.6 is 0 Å². The van der Waals surface area contributed by atoms with E-state index in [2.05, 4.69) is 5.10 Å². The van der Waals surface area contributed by atoms with E-state index in [0.717, 1.165) is 0 Å². The van der Waals surface area contributed by atoms with Gasteiger partial charge in [0.05, 0.1) is 27.0 Å². The Morgan fingerprint density at radius 1 is 1.05 bits per heavy atom. The molecule has 20 heavy (non-hydrogen) atoms. The second-order valence-corrected chi connectivity index (χ2v) is 4.24. The number of aliphatic hydroxyl groups excluding tert-OH is 1. The molecule has 1 N–H and O–H groups in total. The third-order valence-corrected chi connectivity index (χ3v) is 3.04. The van der Waals surface area contributed by atoms with Crippen LogP contribution in [0.25, 0.3) is 0 Å². The van der Waals surface area contributed by atoms with Gasteiger partial charge in [-0.3, -0.25) is 4.68 Å². The molecule has 0 aliphatic carbocycles. The van der Waals surface area contributed by atoms with E-state index in [-0.39, 0.29) is 0 Å². The summed E-state index contributed by atoms with van der Waals surface area (Å²) in [7, 11) is 6.39. The van der Waals surface area contributed by atoms with E-state index in [1.54, 1.807) is 43.2 Å². The van der Waals surface area contributed by atoms with Gasteiger partial charge in [-0.1, -0.05) is 0 Å². The predicted octanol–water partition coefficient (Wildman–Crippen LogP) is 1.53. The molecular formula is C14H18N2O4. The monoisotopic (exact) mass is 278 g/mol. The lowest BCUT2D eigenvalue weighted by Gasteiger charge is -2.18. The normalized spacial score (nSPS) is 12.1. The molecular weight excluding hydrogens is 260 g/mol. The number of aromatic nitrogens is 2. The number of methoxy groups -OCH3 is 3. The van der Waals surface area contributed by atoms with Crippen molar-refractivity contribution >= 4 is 0 Å². The number of hydrogen-bond donors (Lipinski definition) is 1. The molecule has 1 heterocycles. The highest BCUT2D eigenvalue weighted by Gasteiger charge is 2.23. The van der Waals surface area contributed by atoms with Gasteiger partial charge in [-0.2, -0.15) is 5.10 Å². The van der Waals surface area contributed by atoms with Crippen LogP contribution in [0.1, 0.15) is 17.4 Å². The zero-order valence-electron chi connectivity index (χ0n) is 12.0. The summed E-state index contributed by atoms with van der Waals surface area (Å²) in [6, 6.07) is 5.21. The van der Waals surface area contributed by atoms with E-state index in [4.69, 9.17) is 14.2 Å². The number of benzene rings is 1. The summed E-state index contributed by atoms with van der Waals surface area (Å²) in [6.45, 7) is 0. The highest BCUT2D eigenvalue weighted by Crippen LogP contribution is 2.43. The standard InChI is InChI=1S/C14H18N2O4/c1-16-8-7-10(15-16)12(17)9-5-6-11(18-2)14(20-4)13(9)19-3/h5-8,12,17H,1-4H3. The number of rotatable bonds is 5. The Bertz CT molecular complexity index is 595. The van der Waals surface area contributed by atoms with Gasteiger partial charge in [-0.25, -0.2) is 0 Å². The first kappa shape index (κ1) is 14.2. The van der Waals surface area contributed by atoms with Crippen LogP contribution in [0.15, 0.2) is 24.4 Å². The quantitative estimate of drug-likeness (QED) is 0.898. The number of aliphatic hydroxyl groups is 1. The molecule has 0 spiro atoms. The lowest BCUT2D eigenvalue weighted by molar-refractivity contribution is 0.206. The first-order valence-electron chi connectivity index (χ1n) is 6.08. The summed E-state index contributed by atoms with van der Waals surface area (Å²) in [4.78, 5) is 0. The molecule has 6 heteroatoms. The van der Waals surface area contributed by atoms with Gasteiger partial charge in [0.25, 0.3) is 0 Å². The molecule has 1 aromatic heterocycles. The van der Waals surface area contributed by atoms with Crippen molar-refractivity contribution in [2.75, 3.05) is 21.3 Å². The second-order valence-electron chi connectivity index (χ2n) is 4.24. The zero-order valence-corrected chi connectivity index (χ0v) is 12.0. The van der Waals surface area contributed by atoms with E-state index >= 15 is 0 Å². The van der Waals surface area contributed by atoms with Gasteiger partial charge in [0, 0.05) is 18.8 Å². The summed E-state index contributed by atoms with van der Waals surface area (Å²) >= 11 is 0. The van der Waals surface area contributed by atoms with Crippen LogP contribution in [-0.4, -0.2) is 36.2 Å². The van der Waals surface area contributed by atoms with Gasteiger partial charge in [-0.15, -0.1) is 0 Å². The maximum Gasteiger partial charge on any atom is 0.203 e. The van der Waals surface area contributed by atoms with Gasteiger partial charge in [0.1, 0.15) is 6.10 Å². The van der Waals surface area contributed by atoms with E-state index in [0.29, 0.717) is 28.5 Å². The van der Waals surface area contributed by atoms with Crippen molar-refractivity contribution in [2.45, 2.75) is 6.10 Å². The first-order chi connectivity index (χ1) is 9.62.